The Morgan fingerprint density at radius 1 is 1.25 bits per heavy atom. The number of alkyl halides is 1. The summed E-state index contributed by atoms with van der Waals surface area (Å²) in [5, 5.41) is 5.50. The summed E-state index contributed by atoms with van der Waals surface area (Å²) >= 11 is 0. The van der Waals surface area contributed by atoms with E-state index in [4.69, 9.17) is 9.47 Å². The summed E-state index contributed by atoms with van der Waals surface area (Å²) in [5.41, 5.74) is -0.908. The number of amides is 1. The molecule has 0 aliphatic carbocycles. The SMILES string of the molecule is CNCCCOCCCOC(C)(C)C(F)CNC(C)=O. The molecule has 6 heteroatoms. The molecule has 1 amide bonds. The molecule has 0 saturated carbocycles. The first kappa shape index (κ1) is 19.3. The summed E-state index contributed by atoms with van der Waals surface area (Å²) in [7, 11) is 1.91. The maximum atomic E-state index is 13.9. The Labute approximate surface area is 121 Å². The number of hydrogen-bond donors (Lipinski definition) is 2. The Morgan fingerprint density at radius 2 is 1.90 bits per heavy atom. The molecule has 0 saturated heterocycles. The van der Waals surface area contributed by atoms with Gasteiger partial charge in [-0.3, -0.25) is 4.79 Å². The van der Waals surface area contributed by atoms with Gasteiger partial charge in [-0.1, -0.05) is 0 Å². The largest absolute Gasteiger partial charge is 0.381 e. The highest BCUT2D eigenvalue weighted by Crippen LogP contribution is 2.18. The van der Waals surface area contributed by atoms with Gasteiger partial charge in [-0.15, -0.1) is 0 Å². The van der Waals surface area contributed by atoms with Gasteiger partial charge in [0, 0.05) is 26.7 Å². The lowest BCUT2D eigenvalue weighted by Crippen LogP contribution is -2.43. The number of rotatable bonds is 12. The molecule has 0 radical (unpaired) electrons. The molecular weight excluding hydrogens is 263 g/mol. The van der Waals surface area contributed by atoms with Crippen LogP contribution in [0.5, 0.6) is 0 Å². The van der Waals surface area contributed by atoms with Crippen molar-refractivity contribution in [2.45, 2.75) is 45.4 Å². The standard InChI is InChI=1S/C14H29FN2O3/c1-12(18)17-11-13(15)14(2,3)20-10-6-9-19-8-5-7-16-4/h13,16H,5-11H2,1-4H3,(H,17,18). The zero-order valence-electron chi connectivity index (χ0n) is 13.1. The molecule has 1 unspecified atom stereocenters. The van der Waals surface area contributed by atoms with E-state index in [1.807, 2.05) is 7.05 Å². The number of carbonyl (C=O) groups excluding carboxylic acids is 1. The van der Waals surface area contributed by atoms with Crippen LogP contribution in [0.4, 0.5) is 4.39 Å². The van der Waals surface area contributed by atoms with Crippen molar-refractivity contribution in [2.75, 3.05) is 40.0 Å². The normalized spacial score (nSPS) is 13.2. The maximum Gasteiger partial charge on any atom is 0.216 e. The molecule has 0 aromatic heterocycles. The van der Waals surface area contributed by atoms with Crippen molar-refractivity contribution in [2.24, 2.45) is 0 Å². The van der Waals surface area contributed by atoms with Gasteiger partial charge in [0.25, 0.3) is 0 Å². The first-order chi connectivity index (χ1) is 9.40. The van der Waals surface area contributed by atoms with E-state index < -0.39 is 11.8 Å². The monoisotopic (exact) mass is 292 g/mol. The Morgan fingerprint density at radius 3 is 2.50 bits per heavy atom. The van der Waals surface area contributed by atoms with Crippen LogP contribution in [0.2, 0.25) is 0 Å². The van der Waals surface area contributed by atoms with Gasteiger partial charge in [0.2, 0.25) is 5.91 Å². The topological polar surface area (TPSA) is 59.6 Å². The van der Waals surface area contributed by atoms with Gasteiger partial charge in [0.05, 0.1) is 12.1 Å². The zero-order chi connectivity index (χ0) is 15.4. The van der Waals surface area contributed by atoms with Crippen LogP contribution in [0.1, 0.15) is 33.6 Å². The number of halogens is 1. The molecule has 0 rings (SSSR count). The second-order valence-corrected chi connectivity index (χ2v) is 5.28. The van der Waals surface area contributed by atoms with Gasteiger partial charge in [0.1, 0.15) is 6.17 Å². The number of hydrogen-bond acceptors (Lipinski definition) is 4. The summed E-state index contributed by atoms with van der Waals surface area (Å²) in [4.78, 5) is 10.7. The third-order valence-electron chi connectivity index (χ3n) is 2.91. The maximum absolute atomic E-state index is 13.9. The van der Waals surface area contributed by atoms with Crippen molar-refractivity contribution >= 4 is 5.91 Å². The Bertz CT molecular complexity index is 263. The van der Waals surface area contributed by atoms with E-state index in [-0.39, 0.29) is 12.5 Å². The molecule has 120 valence electrons. The highest BCUT2D eigenvalue weighted by atomic mass is 19.1. The van der Waals surface area contributed by atoms with E-state index in [0.29, 0.717) is 13.2 Å². The van der Waals surface area contributed by atoms with Crippen molar-refractivity contribution in [1.29, 1.82) is 0 Å². The van der Waals surface area contributed by atoms with Crippen LogP contribution in [-0.4, -0.2) is 57.6 Å². The summed E-state index contributed by atoms with van der Waals surface area (Å²) < 4.78 is 24.8. The van der Waals surface area contributed by atoms with Gasteiger partial charge in [-0.2, -0.15) is 0 Å². The van der Waals surface area contributed by atoms with E-state index in [1.165, 1.54) is 6.92 Å². The third-order valence-corrected chi connectivity index (χ3v) is 2.91. The first-order valence-electron chi connectivity index (χ1n) is 7.15. The molecule has 2 N–H and O–H groups in total. The lowest BCUT2D eigenvalue weighted by molar-refractivity contribution is -0.120. The van der Waals surface area contributed by atoms with Gasteiger partial charge < -0.3 is 20.1 Å². The summed E-state index contributed by atoms with van der Waals surface area (Å²) in [6, 6.07) is 0. The number of ether oxygens (including phenoxy) is 2. The van der Waals surface area contributed by atoms with Gasteiger partial charge in [-0.05, 0) is 40.3 Å². The van der Waals surface area contributed by atoms with Crippen LogP contribution in [0, 0.1) is 0 Å². The van der Waals surface area contributed by atoms with Gasteiger partial charge in [0.15, 0.2) is 0 Å². The second-order valence-electron chi connectivity index (χ2n) is 5.28. The third kappa shape index (κ3) is 10.1. The van der Waals surface area contributed by atoms with E-state index in [2.05, 4.69) is 10.6 Å². The fourth-order valence-corrected chi connectivity index (χ4v) is 1.52. The Hall–Kier alpha value is -0.720. The van der Waals surface area contributed by atoms with Crippen molar-refractivity contribution in [3.8, 4) is 0 Å². The lowest BCUT2D eigenvalue weighted by Gasteiger charge is -2.29. The molecule has 0 spiro atoms. The summed E-state index contributed by atoms with van der Waals surface area (Å²) in [6.45, 7) is 7.44. The summed E-state index contributed by atoms with van der Waals surface area (Å²) in [5.74, 6) is -0.238. The molecule has 5 nitrogen and oxygen atoms in total. The van der Waals surface area contributed by atoms with Crippen molar-refractivity contribution in [1.82, 2.24) is 10.6 Å². The molecule has 0 aliphatic rings. The van der Waals surface area contributed by atoms with E-state index in [0.717, 1.165) is 26.0 Å². The quantitative estimate of drug-likeness (QED) is 0.532. The van der Waals surface area contributed by atoms with Crippen LogP contribution < -0.4 is 10.6 Å². The highest BCUT2D eigenvalue weighted by molar-refractivity contribution is 5.72. The van der Waals surface area contributed by atoms with Crippen LogP contribution in [0.15, 0.2) is 0 Å². The smallest absolute Gasteiger partial charge is 0.216 e. The predicted molar refractivity (Wildman–Crippen MR) is 77.6 cm³/mol. The van der Waals surface area contributed by atoms with E-state index in [1.54, 1.807) is 13.8 Å². The molecule has 20 heavy (non-hydrogen) atoms. The Balaban J connectivity index is 3.62. The van der Waals surface area contributed by atoms with Crippen LogP contribution in [-0.2, 0) is 14.3 Å². The average Bonchev–Trinajstić information content (AvgIpc) is 2.38. The van der Waals surface area contributed by atoms with Gasteiger partial charge in [-0.25, -0.2) is 4.39 Å². The van der Waals surface area contributed by atoms with Crippen LogP contribution >= 0.6 is 0 Å². The predicted octanol–water partition coefficient (Wildman–Crippen LogP) is 1.27. The molecule has 0 aromatic carbocycles. The molecular formula is C14H29FN2O3. The van der Waals surface area contributed by atoms with Crippen LogP contribution in [0.25, 0.3) is 0 Å². The average molecular weight is 292 g/mol. The number of carbonyl (C=O) groups is 1. The molecule has 0 fully saturated rings. The molecule has 0 bridgehead atoms. The minimum absolute atomic E-state index is 0.0249. The first-order valence-corrected chi connectivity index (χ1v) is 7.15. The van der Waals surface area contributed by atoms with Crippen molar-refractivity contribution in [3.63, 3.8) is 0 Å². The highest BCUT2D eigenvalue weighted by Gasteiger charge is 2.30. The summed E-state index contributed by atoms with van der Waals surface area (Å²) in [6.07, 6.45) is 0.477. The zero-order valence-corrected chi connectivity index (χ0v) is 13.1. The molecule has 0 aliphatic heterocycles. The fraction of sp³-hybridized carbons (Fsp3) is 0.929. The molecule has 0 aromatic rings. The minimum atomic E-state index is -1.23. The van der Waals surface area contributed by atoms with E-state index in [9.17, 15) is 9.18 Å². The lowest BCUT2D eigenvalue weighted by atomic mass is 10.0. The van der Waals surface area contributed by atoms with Crippen LogP contribution in [0.3, 0.4) is 0 Å². The van der Waals surface area contributed by atoms with Crippen molar-refractivity contribution in [3.05, 3.63) is 0 Å². The van der Waals surface area contributed by atoms with E-state index >= 15 is 0 Å². The Kier molecular flexibility index (Phi) is 10.6. The van der Waals surface area contributed by atoms with Crippen molar-refractivity contribution < 1.29 is 18.7 Å². The molecule has 1 atom stereocenters. The molecule has 0 heterocycles. The van der Waals surface area contributed by atoms with Gasteiger partial charge >= 0.3 is 0 Å². The fourth-order valence-electron chi connectivity index (χ4n) is 1.52. The second kappa shape index (κ2) is 11.0. The number of nitrogens with one attached hydrogen (secondary N) is 2. The minimum Gasteiger partial charge on any atom is -0.381 e.